The van der Waals surface area contributed by atoms with Crippen molar-refractivity contribution in [2.45, 2.75) is 13.0 Å². The quantitative estimate of drug-likeness (QED) is 0.826. The summed E-state index contributed by atoms with van der Waals surface area (Å²) >= 11 is 5.70. The molecule has 18 heavy (non-hydrogen) atoms. The number of aliphatic carboxylic acids is 1. The van der Waals surface area contributed by atoms with Crippen molar-refractivity contribution in [1.82, 2.24) is 10.3 Å². The summed E-state index contributed by atoms with van der Waals surface area (Å²) in [7, 11) is 1.68. The Balaban J connectivity index is 2.54. The van der Waals surface area contributed by atoms with Gasteiger partial charge in [0.05, 0.1) is 11.6 Å². The SMILES string of the molecule is C[C@H](NC(=O)CN(C)c1ccc(Cl)cn1)C(=O)O. The van der Waals surface area contributed by atoms with Crippen molar-refractivity contribution in [2.75, 3.05) is 18.5 Å². The Kier molecular flexibility index (Phi) is 4.91. The fourth-order valence-corrected chi connectivity index (χ4v) is 1.35. The van der Waals surface area contributed by atoms with Gasteiger partial charge in [-0.3, -0.25) is 9.59 Å². The lowest BCUT2D eigenvalue weighted by atomic mass is 10.3. The molecule has 0 unspecified atom stereocenters. The maximum absolute atomic E-state index is 11.5. The van der Waals surface area contributed by atoms with E-state index in [0.717, 1.165) is 0 Å². The maximum atomic E-state index is 11.5. The number of hydrogen-bond donors (Lipinski definition) is 2. The highest BCUT2D eigenvalue weighted by molar-refractivity contribution is 6.30. The summed E-state index contributed by atoms with van der Waals surface area (Å²) in [5.74, 6) is -0.878. The lowest BCUT2D eigenvalue weighted by molar-refractivity contribution is -0.141. The van der Waals surface area contributed by atoms with E-state index in [4.69, 9.17) is 16.7 Å². The topological polar surface area (TPSA) is 82.5 Å². The van der Waals surface area contributed by atoms with Crippen molar-refractivity contribution in [3.05, 3.63) is 23.4 Å². The zero-order valence-electron chi connectivity index (χ0n) is 10.1. The molecule has 0 saturated heterocycles. The van der Waals surface area contributed by atoms with Crippen molar-refractivity contribution in [1.29, 1.82) is 0 Å². The van der Waals surface area contributed by atoms with Gasteiger partial charge in [0.15, 0.2) is 0 Å². The van der Waals surface area contributed by atoms with E-state index in [1.807, 2.05) is 0 Å². The molecule has 98 valence electrons. The number of carbonyl (C=O) groups is 2. The van der Waals surface area contributed by atoms with E-state index < -0.39 is 12.0 Å². The van der Waals surface area contributed by atoms with Gasteiger partial charge in [0, 0.05) is 13.2 Å². The second kappa shape index (κ2) is 6.20. The van der Waals surface area contributed by atoms with Gasteiger partial charge in [0.25, 0.3) is 0 Å². The van der Waals surface area contributed by atoms with Gasteiger partial charge in [-0.05, 0) is 19.1 Å². The molecule has 7 heteroatoms. The summed E-state index contributed by atoms with van der Waals surface area (Å²) in [6.07, 6.45) is 1.48. The van der Waals surface area contributed by atoms with Gasteiger partial charge in [-0.1, -0.05) is 11.6 Å². The van der Waals surface area contributed by atoms with Crippen LogP contribution in [0.25, 0.3) is 0 Å². The number of halogens is 1. The van der Waals surface area contributed by atoms with Crippen molar-refractivity contribution in [3.8, 4) is 0 Å². The fraction of sp³-hybridized carbons (Fsp3) is 0.364. The summed E-state index contributed by atoms with van der Waals surface area (Å²) in [5.41, 5.74) is 0. The molecule has 0 spiro atoms. The van der Waals surface area contributed by atoms with E-state index in [9.17, 15) is 9.59 Å². The summed E-state index contributed by atoms with van der Waals surface area (Å²) < 4.78 is 0. The molecule has 1 rings (SSSR count). The minimum Gasteiger partial charge on any atom is -0.480 e. The molecule has 0 fully saturated rings. The predicted molar refractivity (Wildman–Crippen MR) is 67.8 cm³/mol. The van der Waals surface area contributed by atoms with E-state index in [1.165, 1.54) is 13.1 Å². The molecule has 6 nitrogen and oxygen atoms in total. The van der Waals surface area contributed by atoms with Crippen molar-refractivity contribution >= 4 is 29.3 Å². The van der Waals surface area contributed by atoms with E-state index in [0.29, 0.717) is 10.8 Å². The first-order valence-corrected chi connectivity index (χ1v) is 5.63. The van der Waals surface area contributed by atoms with E-state index in [1.54, 1.807) is 24.1 Å². The number of rotatable bonds is 5. The van der Waals surface area contributed by atoms with E-state index in [-0.39, 0.29) is 12.5 Å². The molecule has 1 atom stereocenters. The minimum absolute atomic E-state index is 0.0201. The van der Waals surface area contributed by atoms with Gasteiger partial charge in [-0.25, -0.2) is 4.98 Å². The standard InChI is InChI=1S/C11H14ClN3O3/c1-7(11(17)18)14-10(16)6-15(2)9-4-3-8(12)5-13-9/h3-5,7H,6H2,1-2H3,(H,14,16)(H,17,18)/t7-/m0/s1. The van der Waals surface area contributed by atoms with Gasteiger partial charge in [-0.2, -0.15) is 0 Å². The normalized spacial score (nSPS) is 11.7. The Morgan fingerprint density at radius 1 is 1.56 bits per heavy atom. The largest absolute Gasteiger partial charge is 0.480 e. The third-order valence-electron chi connectivity index (χ3n) is 2.23. The number of aromatic nitrogens is 1. The number of amides is 1. The van der Waals surface area contributed by atoms with Crippen LogP contribution in [0.5, 0.6) is 0 Å². The molecule has 1 aromatic heterocycles. The van der Waals surface area contributed by atoms with E-state index in [2.05, 4.69) is 10.3 Å². The first-order chi connectivity index (χ1) is 8.40. The van der Waals surface area contributed by atoms with Crippen LogP contribution in [-0.2, 0) is 9.59 Å². The third-order valence-corrected chi connectivity index (χ3v) is 2.46. The lowest BCUT2D eigenvalue weighted by Crippen LogP contribution is -2.43. The van der Waals surface area contributed by atoms with Crippen molar-refractivity contribution in [3.63, 3.8) is 0 Å². The molecule has 0 radical (unpaired) electrons. The molecule has 0 aliphatic heterocycles. The Morgan fingerprint density at radius 3 is 2.72 bits per heavy atom. The average molecular weight is 272 g/mol. The summed E-state index contributed by atoms with van der Waals surface area (Å²) in [6, 6.07) is 2.43. The number of likely N-dealkylation sites (N-methyl/N-ethyl adjacent to an activating group) is 1. The van der Waals surface area contributed by atoms with Gasteiger partial charge in [0.1, 0.15) is 11.9 Å². The van der Waals surface area contributed by atoms with Crippen LogP contribution in [0.2, 0.25) is 5.02 Å². The van der Waals surface area contributed by atoms with E-state index >= 15 is 0 Å². The van der Waals surface area contributed by atoms with Crippen LogP contribution in [0.4, 0.5) is 5.82 Å². The number of pyridine rings is 1. The number of carbonyl (C=O) groups excluding carboxylic acids is 1. The smallest absolute Gasteiger partial charge is 0.325 e. The van der Waals surface area contributed by atoms with Crippen LogP contribution in [-0.4, -0.2) is 41.6 Å². The predicted octanol–water partition coefficient (Wildman–Crippen LogP) is 0.760. The number of nitrogens with zero attached hydrogens (tertiary/aromatic N) is 2. The minimum atomic E-state index is -1.07. The van der Waals surface area contributed by atoms with Crippen molar-refractivity contribution < 1.29 is 14.7 Å². The van der Waals surface area contributed by atoms with Gasteiger partial charge < -0.3 is 15.3 Å². The summed E-state index contributed by atoms with van der Waals surface area (Å²) in [5, 5.41) is 11.5. The Bertz CT molecular complexity index is 436. The molecule has 1 amide bonds. The molecule has 0 aliphatic rings. The summed E-state index contributed by atoms with van der Waals surface area (Å²) in [6.45, 7) is 1.42. The maximum Gasteiger partial charge on any atom is 0.325 e. The highest BCUT2D eigenvalue weighted by Gasteiger charge is 2.15. The molecular weight excluding hydrogens is 258 g/mol. The molecule has 0 aliphatic carbocycles. The van der Waals surface area contributed by atoms with Gasteiger partial charge in [-0.15, -0.1) is 0 Å². The molecule has 0 saturated carbocycles. The molecular formula is C11H14ClN3O3. The lowest BCUT2D eigenvalue weighted by Gasteiger charge is -2.18. The molecule has 2 N–H and O–H groups in total. The third kappa shape index (κ3) is 4.21. The average Bonchev–Trinajstić information content (AvgIpc) is 2.29. The fourth-order valence-electron chi connectivity index (χ4n) is 1.24. The van der Waals surface area contributed by atoms with Crippen LogP contribution in [0.1, 0.15) is 6.92 Å². The highest BCUT2D eigenvalue weighted by Crippen LogP contribution is 2.12. The Hall–Kier alpha value is -1.82. The second-order valence-electron chi connectivity index (χ2n) is 3.82. The molecule has 0 bridgehead atoms. The van der Waals surface area contributed by atoms with Gasteiger partial charge >= 0.3 is 5.97 Å². The Morgan fingerprint density at radius 2 is 2.22 bits per heavy atom. The zero-order chi connectivity index (χ0) is 13.7. The molecule has 1 aromatic rings. The zero-order valence-corrected chi connectivity index (χ0v) is 10.8. The first-order valence-electron chi connectivity index (χ1n) is 5.25. The highest BCUT2D eigenvalue weighted by atomic mass is 35.5. The van der Waals surface area contributed by atoms with Crippen LogP contribution in [0.3, 0.4) is 0 Å². The van der Waals surface area contributed by atoms with Gasteiger partial charge in [0.2, 0.25) is 5.91 Å². The monoisotopic (exact) mass is 271 g/mol. The number of carboxylic acid groups (broad SMARTS) is 1. The number of anilines is 1. The van der Waals surface area contributed by atoms with Crippen LogP contribution < -0.4 is 10.2 Å². The second-order valence-corrected chi connectivity index (χ2v) is 4.25. The summed E-state index contributed by atoms with van der Waals surface area (Å²) in [4.78, 5) is 27.8. The first kappa shape index (κ1) is 14.2. The number of nitrogens with one attached hydrogen (secondary N) is 1. The molecule has 0 aromatic carbocycles. The van der Waals surface area contributed by atoms with Crippen LogP contribution in [0.15, 0.2) is 18.3 Å². The number of carboxylic acids is 1. The Labute approximate surface area is 110 Å². The molecule has 1 heterocycles. The van der Waals surface area contributed by atoms with Crippen molar-refractivity contribution in [2.24, 2.45) is 0 Å². The van der Waals surface area contributed by atoms with Crippen LogP contribution in [0, 0.1) is 0 Å². The number of hydrogen-bond acceptors (Lipinski definition) is 4. The van der Waals surface area contributed by atoms with Crippen LogP contribution >= 0.6 is 11.6 Å².